The van der Waals surface area contributed by atoms with Crippen LogP contribution in [0.4, 0.5) is 0 Å². The number of carbonyl (C=O) groups is 1. The highest BCUT2D eigenvalue weighted by Gasteiger charge is 2.23. The first-order valence-corrected chi connectivity index (χ1v) is 9.97. The van der Waals surface area contributed by atoms with E-state index in [-0.39, 0.29) is 5.91 Å². The van der Waals surface area contributed by atoms with Crippen LogP contribution in [0.5, 0.6) is 0 Å². The second-order valence-electron chi connectivity index (χ2n) is 6.87. The molecular weight excluding hydrogens is 328 g/mol. The summed E-state index contributed by atoms with van der Waals surface area (Å²) < 4.78 is 0. The number of hydrogen-bond acceptors (Lipinski definition) is 2. The van der Waals surface area contributed by atoms with Crippen molar-refractivity contribution in [1.29, 1.82) is 0 Å². The Bertz CT molecular complexity index is 688. The van der Waals surface area contributed by atoms with Gasteiger partial charge >= 0.3 is 0 Å². The Balaban J connectivity index is 1.73. The molecule has 3 rings (SSSR count). The van der Waals surface area contributed by atoms with Gasteiger partial charge in [0.2, 0.25) is 0 Å². The summed E-state index contributed by atoms with van der Waals surface area (Å²) in [6.07, 6.45) is 4.59. The molecule has 1 aromatic carbocycles. The van der Waals surface area contributed by atoms with Crippen LogP contribution in [0, 0.1) is 5.92 Å². The van der Waals surface area contributed by atoms with Gasteiger partial charge in [0.15, 0.2) is 0 Å². The summed E-state index contributed by atoms with van der Waals surface area (Å²) in [6.45, 7) is 6.06. The van der Waals surface area contributed by atoms with Crippen LogP contribution < -0.4 is 5.32 Å². The lowest BCUT2D eigenvalue weighted by atomic mass is 9.97. The molecule has 0 spiro atoms. The number of hydrogen-bond donors (Lipinski definition) is 1. The molecule has 4 heteroatoms. The van der Waals surface area contributed by atoms with E-state index in [0.717, 1.165) is 11.4 Å². The topological polar surface area (TPSA) is 36.9 Å². The van der Waals surface area contributed by atoms with E-state index in [1.165, 1.54) is 48.4 Å². The number of benzene rings is 1. The first kappa shape index (κ1) is 17.9. The number of nitrogens with two attached hydrogens (primary N) is 1. The number of piperidine rings is 1. The van der Waals surface area contributed by atoms with E-state index in [9.17, 15) is 4.79 Å². The summed E-state index contributed by atoms with van der Waals surface area (Å²) in [6, 6.07) is 14.2. The molecule has 0 bridgehead atoms. The maximum atomic E-state index is 13.0. The highest BCUT2D eigenvalue weighted by atomic mass is 32.1. The van der Waals surface area contributed by atoms with E-state index in [2.05, 4.69) is 35.3 Å². The Labute approximate surface area is 154 Å². The van der Waals surface area contributed by atoms with Crippen LogP contribution >= 0.6 is 11.3 Å². The zero-order valence-electron chi connectivity index (χ0n) is 14.9. The fourth-order valence-corrected chi connectivity index (χ4v) is 4.14. The van der Waals surface area contributed by atoms with Gasteiger partial charge in [0.05, 0.1) is 18.0 Å². The van der Waals surface area contributed by atoms with E-state index >= 15 is 0 Å². The van der Waals surface area contributed by atoms with E-state index in [4.69, 9.17) is 0 Å². The third kappa shape index (κ3) is 5.28. The van der Waals surface area contributed by atoms with E-state index < -0.39 is 0 Å². The molecule has 25 heavy (non-hydrogen) atoms. The molecule has 0 unspecified atom stereocenters. The quantitative estimate of drug-likeness (QED) is 0.848. The van der Waals surface area contributed by atoms with Crippen molar-refractivity contribution in [1.82, 2.24) is 4.90 Å². The maximum Gasteiger partial charge on any atom is 0.264 e. The Kier molecular flexibility index (Phi) is 6.42. The minimum absolute atomic E-state index is 0.172. The number of nitrogens with zero attached hydrogens (tertiary/aromatic N) is 1. The Hall–Kier alpha value is -1.91. The first-order chi connectivity index (χ1) is 12.2. The van der Waals surface area contributed by atoms with Gasteiger partial charge in [0.1, 0.15) is 0 Å². The molecule has 132 valence electrons. The van der Waals surface area contributed by atoms with Crippen LogP contribution in [-0.4, -0.2) is 37.0 Å². The standard InChI is InChI=1S/C21H26N2OS/c1-17(14-18-6-3-2-4-7-18)15-23(16-19-9-11-22-12-10-19)21(24)20-8-5-13-25-20/h2-8,13-14,19,22H,9-12,15-16H2,1H3/p+1/b17-14-. The number of rotatable bonds is 6. The number of carbonyl (C=O) groups excluding carboxylic acids is 1. The third-order valence-electron chi connectivity index (χ3n) is 4.71. The van der Waals surface area contributed by atoms with E-state index in [1.807, 2.05) is 35.7 Å². The number of amides is 1. The molecule has 2 N–H and O–H groups in total. The van der Waals surface area contributed by atoms with Crippen LogP contribution in [0.3, 0.4) is 0 Å². The van der Waals surface area contributed by atoms with Crippen molar-refractivity contribution in [3.63, 3.8) is 0 Å². The molecule has 2 aromatic rings. The Morgan fingerprint density at radius 3 is 2.64 bits per heavy atom. The highest BCUT2D eigenvalue weighted by Crippen LogP contribution is 2.18. The minimum Gasteiger partial charge on any atom is -0.346 e. The first-order valence-electron chi connectivity index (χ1n) is 9.09. The van der Waals surface area contributed by atoms with Crippen LogP contribution in [0.2, 0.25) is 0 Å². The van der Waals surface area contributed by atoms with Gasteiger partial charge in [-0.05, 0) is 29.9 Å². The summed E-state index contributed by atoms with van der Waals surface area (Å²) >= 11 is 1.54. The van der Waals surface area contributed by atoms with E-state index in [0.29, 0.717) is 12.5 Å². The van der Waals surface area contributed by atoms with Gasteiger partial charge in [-0.25, -0.2) is 0 Å². The van der Waals surface area contributed by atoms with Gasteiger partial charge in [-0.2, -0.15) is 0 Å². The molecule has 1 aliphatic rings. The SMILES string of the molecule is C/C(=C/c1ccccc1)CN(CC1CC[NH2+]CC1)C(=O)c1cccs1. The fourth-order valence-electron chi connectivity index (χ4n) is 3.45. The molecule has 1 saturated heterocycles. The molecule has 0 atom stereocenters. The summed E-state index contributed by atoms with van der Waals surface area (Å²) in [4.78, 5) is 15.9. The second-order valence-corrected chi connectivity index (χ2v) is 7.82. The Morgan fingerprint density at radius 1 is 1.20 bits per heavy atom. The van der Waals surface area contributed by atoms with Crippen molar-refractivity contribution in [3.8, 4) is 0 Å². The molecule has 1 amide bonds. The lowest BCUT2D eigenvalue weighted by Gasteiger charge is -2.29. The van der Waals surface area contributed by atoms with Crippen LogP contribution in [0.1, 0.15) is 35.0 Å². The lowest BCUT2D eigenvalue weighted by Crippen LogP contribution is -2.86. The van der Waals surface area contributed by atoms with Gasteiger partial charge in [-0.3, -0.25) is 4.79 Å². The zero-order valence-corrected chi connectivity index (χ0v) is 15.7. The van der Waals surface area contributed by atoms with Crippen molar-refractivity contribution in [3.05, 3.63) is 63.9 Å². The highest BCUT2D eigenvalue weighted by molar-refractivity contribution is 7.12. The predicted molar refractivity (Wildman–Crippen MR) is 105 cm³/mol. The molecule has 1 aromatic heterocycles. The van der Waals surface area contributed by atoms with Crippen LogP contribution in [0.25, 0.3) is 6.08 Å². The predicted octanol–water partition coefficient (Wildman–Crippen LogP) is 3.27. The monoisotopic (exact) mass is 355 g/mol. The summed E-state index contributed by atoms with van der Waals surface area (Å²) in [5.41, 5.74) is 2.41. The molecule has 0 saturated carbocycles. The molecule has 1 aliphatic heterocycles. The third-order valence-corrected chi connectivity index (χ3v) is 5.57. The van der Waals surface area contributed by atoms with Crippen molar-refractivity contribution in [2.45, 2.75) is 19.8 Å². The number of thiophene rings is 1. The smallest absolute Gasteiger partial charge is 0.264 e. The number of quaternary nitrogens is 1. The van der Waals surface area contributed by atoms with Crippen molar-refractivity contribution < 1.29 is 10.1 Å². The summed E-state index contributed by atoms with van der Waals surface area (Å²) in [5.74, 6) is 0.795. The van der Waals surface area contributed by atoms with Crippen molar-refractivity contribution in [2.75, 3.05) is 26.2 Å². The van der Waals surface area contributed by atoms with Crippen LogP contribution in [-0.2, 0) is 0 Å². The molecule has 2 heterocycles. The van der Waals surface area contributed by atoms with Crippen LogP contribution in [0.15, 0.2) is 53.4 Å². The second kappa shape index (κ2) is 8.97. The molecule has 1 fully saturated rings. The zero-order chi connectivity index (χ0) is 17.5. The lowest BCUT2D eigenvalue weighted by molar-refractivity contribution is -0.664. The largest absolute Gasteiger partial charge is 0.346 e. The Morgan fingerprint density at radius 2 is 1.96 bits per heavy atom. The van der Waals surface area contributed by atoms with Crippen molar-refractivity contribution in [2.24, 2.45) is 5.92 Å². The van der Waals surface area contributed by atoms with Gasteiger partial charge in [-0.15, -0.1) is 11.3 Å². The summed E-state index contributed by atoms with van der Waals surface area (Å²) in [5, 5.41) is 4.36. The van der Waals surface area contributed by atoms with Gasteiger partial charge in [0, 0.05) is 25.9 Å². The average molecular weight is 356 g/mol. The molecule has 0 aliphatic carbocycles. The summed E-state index contributed by atoms with van der Waals surface area (Å²) in [7, 11) is 0. The average Bonchev–Trinajstić information content (AvgIpc) is 3.17. The van der Waals surface area contributed by atoms with Gasteiger partial charge in [0.25, 0.3) is 5.91 Å². The normalized spacial score (nSPS) is 16.0. The maximum absolute atomic E-state index is 13.0. The minimum atomic E-state index is 0.172. The molecule has 3 nitrogen and oxygen atoms in total. The molecule has 0 radical (unpaired) electrons. The van der Waals surface area contributed by atoms with Gasteiger partial charge in [-0.1, -0.05) is 48.0 Å². The van der Waals surface area contributed by atoms with Crippen molar-refractivity contribution >= 4 is 23.3 Å². The van der Waals surface area contributed by atoms with Gasteiger partial charge < -0.3 is 10.2 Å². The molecular formula is C21H27N2OS+. The van der Waals surface area contributed by atoms with E-state index in [1.54, 1.807) is 0 Å². The fraction of sp³-hybridized carbons (Fsp3) is 0.381.